The molecule has 7 heteroatoms. The molecule has 4 heterocycles. The highest BCUT2D eigenvalue weighted by Gasteiger charge is 2.32. The first kappa shape index (κ1) is 18.7. The Morgan fingerprint density at radius 2 is 2.10 bits per heavy atom. The van der Waals surface area contributed by atoms with Gasteiger partial charge in [0.1, 0.15) is 5.65 Å². The summed E-state index contributed by atoms with van der Waals surface area (Å²) >= 11 is 0. The van der Waals surface area contributed by atoms with Crippen molar-refractivity contribution in [2.45, 2.75) is 19.4 Å². The summed E-state index contributed by atoms with van der Waals surface area (Å²) in [5, 5.41) is 4.03. The first-order valence-corrected chi connectivity index (χ1v) is 9.95. The number of fused-ring (bicyclic) bond motifs is 2. The largest absolute Gasteiger partial charge is 0.379 e. The number of aryl methyl sites for hydroxylation is 1. The van der Waals surface area contributed by atoms with Crippen LogP contribution in [0.3, 0.4) is 0 Å². The van der Waals surface area contributed by atoms with Gasteiger partial charge in [0, 0.05) is 23.7 Å². The van der Waals surface area contributed by atoms with Crippen LogP contribution in [0.25, 0.3) is 16.6 Å². The highest BCUT2D eigenvalue weighted by atomic mass is 19.1. The summed E-state index contributed by atoms with van der Waals surface area (Å²) in [7, 11) is 0. The average molecular weight is 404 g/mol. The molecule has 1 fully saturated rings. The quantitative estimate of drug-likeness (QED) is 0.567. The summed E-state index contributed by atoms with van der Waals surface area (Å²) in [6.07, 6.45) is 4.17. The van der Waals surface area contributed by atoms with Gasteiger partial charge < -0.3 is 10.1 Å². The minimum atomic E-state index is -0.651. The number of para-hydroxylation sites is 1. The highest BCUT2D eigenvalue weighted by Crippen LogP contribution is 2.24. The molecule has 152 valence electrons. The first-order valence-electron chi connectivity index (χ1n) is 9.95. The van der Waals surface area contributed by atoms with Crippen molar-refractivity contribution in [3.05, 3.63) is 77.6 Å². The van der Waals surface area contributed by atoms with Crippen LogP contribution in [0, 0.1) is 18.8 Å². The van der Waals surface area contributed by atoms with Crippen molar-refractivity contribution >= 4 is 22.5 Å². The fourth-order valence-corrected chi connectivity index (χ4v) is 4.08. The normalized spacial score (nSPS) is 18.9. The van der Waals surface area contributed by atoms with Crippen LogP contribution in [0.4, 0.5) is 4.39 Å². The lowest BCUT2D eigenvalue weighted by atomic mass is 9.93. The SMILES string of the molecule is Cc1ccc2nc(C(=O)N[C@H]3COC[C@H]3Cc3ccnc4ccccc34)c(F)n2c1. The molecule has 1 aromatic carbocycles. The summed E-state index contributed by atoms with van der Waals surface area (Å²) in [6, 6.07) is 13.3. The summed E-state index contributed by atoms with van der Waals surface area (Å²) in [5.41, 5.74) is 3.20. The van der Waals surface area contributed by atoms with E-state index in [1.54, 1.807) is 18.5 Å². The van der Waals surface area contributed by atoms with Crippen molar-refractivity contribution in [3.63, 3.8) is 0 Å². The van der Waals surface area contributed by atoms with Crippen LogP contribution in [0.2, 0.25) is 0 Å². The van der Waals surface area contributed by atoms with Crippen molar-refractivity contribution in [2.24, 2.45) is 5.92 Å². The van der Waals surface area contributed by atoms with Crippen LogP contribution < -0.4 is 5.32 Å². The number of ether oxygens (including phenoxy) is 1. The second-order valence-corrected chi connectivity index (χ2v) is 7.75. The molecular formula is C23H21FN4O2. The van der Waals surface area contributed by atoms with Gasteiger partial charge in [0.25, 0.3) is 5.91 Å². The van der Waals surface area contributed by atoms with Crippen LogP contribution in [0.15, 0.2) is 54.9 Å². The van der Waals surface area contributed by atoms with Gasteiger partial charge in [-0.3, -0.25) is 14.2 Å². The number of amides is 1. The standard InChI is InChI=1S/C23H21FN4O2/c1-14-6-7-20-27-21(22(24)28(20)11-14)23(29)26-19-13-30-12-16(19)10-15-8-9-25-18-5-3-2-4-17(15)18/h2-9,11,16,19H,10,12-13H2,1H3,(H,26,29)/t16-,19+/m1/s1. The number of aromatic nitrogens is 3. The van der Waals surface area contributed by atoms with Crippen LogP contribution >= 0.6 is 0 Å². The number of hydrogen-bond donors (Lipinski definition) is 1. The second kappa shape index (κ2) is 7.50. The van der Waals surface area contributed by atoms with Crippen LogP contribution in [0.5, 0.6) is 0 Å². The van der Waals surface area contributed by atoms with E-state index in [2.05, 4.69) is 21.4 Å². The van der Waals surface area contributed by atoms with Gasteiger partial charge in [0.05, 0.1) is 24.8 Å². The van der Waals surface area contributed by atoms with Gasteiger partial charge in [-0.25, -0.2) is 4.98 Å². The van der Waals surface area contributed by atoms with E-state index in [0.29, 0.717) is 18.9 Å². The number of hydrogen-bond acceptors (Lipinski definition) is 4. The minimum absolute atomic E-state index is 0.0853. The van der Waals surface area contributed by atoms with E-state index in [1.807, 2.05) is 37.3 Å². The van der Waals surface area contributed by atoms with Gasteiger partial charge in [-0.2, -0.15) is 4.39 Å². The molecule has 0 radical (unpaired) electrons. The topological polar surface area (TPSA) is 68.5 Å². The summed E-state index contributed by atoms with van der Waals surface area (Å²) < 4.78 is 21.7. The number of pyridine rings is 2. The molecule has 1 amide bonds. The Kier molecular flexibility index (Phi) is 4.67. The number of nitrogens with one attached hydrogen (secondary N) is 1. The van der Waals surface area contributed by atoms with Crippen molar-refractivity contribution in [3.8, 4) is 0 Å². The predicted octanol–water partition coefficient (Wildman–Crippen LogP) is 3.32. The number of imidazole rings is 1. The molecular weight excluding hydrogens is 383 g/mol. The molecule has 0 spiro atoms. The van der Waals surface area contributed by atoms with Gasteiger partial charge in [-0.15, -0.1) is 0 Å². The lowest BCUT2D eigenvalue weighted by molar-refractivity contribution is 0.0916. The maximum atomic E-state index is 14.8. The fourth-order valence-electron chi connectivity index (χ4n) is 4.08. The number of carbonyl (C=O) groups is 1. The molecule has 2 atom stereocenters. The highest BCUT2D eigenvalue weighted by molar-refractivity contribution is 5.93. The van der Waals surface area contributed by atoms with E-state index in [4.69, 9.17) is 4.74 Å². The lowest BCUT2D eigenvalue weighted by Crippen LogP contribution is -2.41. The Morgan fingerprint density at radius 1 is 1.23 bits per heavy atom. The minimum Gasteiger partial charge on any atom is -0.379 e. The van der Waals surface area contributed by atoms with Crippen LogP contribution in [0.1, 0.15) is 21.6 Å². The van der Waals surface area contributed by atoms with Gasteiger partial charge in [0.15, 0.2) is 5.69 Å². The summed E-state index contributed by atoms with van der Waals surface area (Å²) in [4.78, 5) is 21.4. The van der Waals surface area contributed by atoms with E-state index in [1.165, 1.54) is 4.40 Å². The molecule has 1 aliphatic rings. The second-order valence-electron chi connectivity index (χ2n) is 7.75. The molecule has 0 aliphatic carbocycles. The molecule has 1 N–H and O–H groups in total. The molecule has 3 aromatic heterocycles. The third-order valence-corrected chi connectivity index (χ3v) is 5.66. The molecule has 1 saturated heterocycles. The molecule has 0 saturated carbocycles. The Balaban J connectivity index is 1.37. The summed E-state index contributed by atoms with van der Waals surface area (Å²) in [6.45, 7) is 2.80. The van der Waals surface area contributed by atoms with Crippen molar-refractivity contribution in [1.29, 1.82) is 0 Å². The smallest absolute Gasteiger partial charge is 0.274 e. The zero-order chi connectivity index (χ0) is 20.7. The molecule has 4 aromatic rings. The van der Waals surface area contributed by atoms with Crippen molar-refractivity contribution < 1.29 is 13.9 Å². The van der Waals surface area contributed by atoms with E-state index in [0.717, 1.165) is 28.5 Å². The Hall–Kier alpha value is -3.32. The van der Waals surface area contributed by atoms with Gasteiger partial charge in [-0.05, 0) is 42.7 Å². The Morgan fingerprint density at radius 3 is 3.00 bits per heavy atom. The molecule has 0 bridgehead atoms. The van der Waals surface area contributed by atoms with Gasteiger partial charge in [0.2, 0.25) is 5.95 Å². The first-order chi connectivity index (χ1) is 14.6. The molecule has 6 nitrogen and oxygen atoms in total. The van der Waals surface area contributed by atoms with E-state index in [-0.39, 0.29) is 17.7 Å². The monoisotopic (exact) mass is 404 g/mol. The molecule has 5 rings (SSSR count). The van der Waals surface area contributed by atoms with Crippen molar-refractivity contribution in [1.82, 2.24) is 19.7 Å². The lowest BCUT2D eigenvalue weighted by Gasteiger charge is -2.19. The summed E-state index contributed by atoms with van der Waals surface area (Å²) in [5.74, 6) is -1.09. The zero-order valence-corrected chi connectivity index (χ0v) is 16.5. The predicted molar refractivity (Wildman–Crippen MR) is 111 cm³/mol. The van der Waals surface area contributed by atoms with E-state index in [9.17, 15) is 9.18 Å². The van der Waals surface area contributed by atoms with Gasteiger partial charge >= 0.3 is 0 Å². The number of nitrogens with zero attached hydrogens (tertiary/aromatic N) is 3. The average Bonchev–Trinajstić information content (AvgIpc) is 3.32. The zero-order valence-electron chi connectivity index (χ0n) is 16.5. The number of halogens is 1. The fraction of sp³-hybridized carbons (Fsp3) is 0.261. The maximum absolute atomic E-state index is 14.8. The number of carbonyl (C=O) groups excluding carboxylic acids is 1. The number of benzene rings is 1. The third kappa shape index (κ3) is 3.31. The molecule has 0 unspecified atom stereocenters. The van der Waals surface area contributed by atoms with Crippen LogP contribution in [-0.2, 0) is 11.2 Å². The van der Waals surface area contributed by atoms with Crippen molar-refractivity contribution in [2.75, 3.05) is 13.2 Å². The van der Waals surface area contributed by atoms with E-state index >= 15 is 0 Å². The molecule has 1 aliphatic heterocycles. The number of rotatable bonds is 4. The third-order valence-electron chi connectivity index (χ3n) is 5.66. The Bertz CT molecular complexity index is 1250. The van der Waals surface area contributed by atoms with Crippen LogP contribution in [-0.4, -0.2) is 39.5 Å². The Labute approximate surface area is 172 Å². The van der Waals surface area contributed by atoms with Gasteiger partial charge in [-0.1, -0.05) is 24.3 Å². The van der Waals surface area contributed by atoms with E-state index < -0.39 is 11.9 Å². The molecule has 30 heavy (non-hydrogen) atoms. The maximum Gasteiger partial charge on any atom is 0.274 e.